The first-order chi connectivity index (χ1) is 15.0. The number of carbonyl (C=O) groups is 3. The summed E-state index contributed by atoms with van der Waals surface area (Å²) < 4.78 is 6.41. The van der Waals surface area contributed by atoms with Crippen LogP contribution in [0.5, 0.6) is 11.5 Å². The molecule has 1 aromatic carbocycles. The van der Waals surface area contributed by atoms with Crippen LogP contribution in [0.25, 0.3) is 0 Å². The molecule has 2 aliphatic heterocycles. The van der Waals surface area contributed by atoms with Crippen LogP contribution in [0.15, 0.2) is 24.3 Å². The molecule has 8 heteroatoms. The fourth-order valence-corrected chi connectivity index (χ4v) is 7.09. The van der Waals surface area contributed by atoms with Gasteiger partial charge in [-0.15, -0.1) is 0 Å². The molecule has 4 bridgehead atoms. The van der Waals surface area contributed by atoms with Crippen LogP contribution in [0.4, 0.5) is 5.69 Å². The standard InChI is InChI=1S/C24H27NO7/c1-22(7-6-17(28)25-18-14(26)4-3-13(19(18)29)21(30)31)16(27)5-8-24-10-12-9-15(20(22)24)32-23(12,2)11-24/h3-5,8,12,15,20,26,29H,6-7,9-11H2,1-2H3,(H,25,28)(H,30,31)/t12-,15-,20?,22?,23?,24?/m1/s1. The number of amides is 1. The Morgan fingerprint density at radius 2 is 2.00 bits per heavy atom. The zero-order chi connectivity index (χ0) is 23.1. The lowest BCUT2D eigenvalue weighted by Crippen LogP contribution is -2.56. The number of anilines is 1. The largest absolute Gasteiger partial charge is 0.506 e. The van der Waals surface area contributed by atoms with E-state index >= 15 is 0 Å². The fraction of sp³-hybridized carbons (Fsp3) is 0.542. The molecule has 0 aromatic heterocycles. The highest BCUT2D eigenvalue weighted by Crippen LogP contribution is 2.71. The molecule has 4 fully saturated rings. The van der Waals surface area contributed by atoms with Gasteiger partial charge in [0, 0.05) is 17.8 Å². The summed E-state index contributed by atoms with van der Waals surface area (Å²) in [5.74, 6) is -2.55. The summed E-state index contributed by atoms with van der Waals surface area (Å²) in [7, 11) is 0. The number of phenolic OH excluding ortho intramolecular Hbond substituents is 1. The highest BCUT2D eigenvalue weighted by molar-refractivity contribution is 6.00. The number of ketones is 1. The van der Waals surface area contributed by atoms with Crippen molar-refractivity contribution in [1.29, 1.82) is 0 Å². The molecule has 5 aliphatic rings. The van der Waals surface area contributed by atoms with E-state index in [2.05, 4.69) is 18.3 Å². The van der Waals surface area contributed by atoms with Gasteiger partial charge in [-0.3, -0.25) is 9.59 Å². The van der Waals surface area contributed by atoms with Crippen molar-refractivity contribution in [3.05, 3.63) is 29.8 Å². The highest BCUT2D eigenvalue weighted by atomic mass is 16.5. The molecule has 6 rings (SSSR count). The van der Waals surface area contributed by atoms with Gasteiger partial charge in [0.2, 0.25) is 5.91 Å². The number of carboxylic acids is 1. The molecule has 3 aliphatic carbocycles. The number of rotatable bonds is 5. The van der Waals surface area contributed by atoms with Crippen LogP contribution in [0, 0.1) is 22.7 Å². The van der Waals surface area contributed by atoms with Crippen LogP contribution < -0.4 is 5.32 Å². The molecule has 6 atom stereocenters. The van der Waals surface area contributed by atoms with Crippen LogP contribution in [0.3, 0.4) is 0 Å². The van der Waals surface area contributed by atoms with Gasteiger partial charge in [0.1, 0.15) is 17.0 Å². The normalized spacial score (nSPS) is 38.7. The third kappa shape index (κ3) is 2.75. The maximum atomic E-state index is 13.1. The van der Waals surface area contributed by atoms with Crippen molar-refractivity contribution in [2.24, 2.45) is 22.7 Å². The number of aromatic hydroxyl groups is 2. The Hall–Kier alpha value is -2.87. The Bertz CT molecular complexity index is 1080. The summed E-state index contributed by atoms with van der Waals surface area (Å²) in [5.41, 5.74) is -1.75. The second-order valence-corrected chi connectivity index (χ2v) is 10.3. The van der Waals surface area contributed by atoms with E-state index in [1.54, 1.807) is 6.08 Å². The molecule has 1 aromatic rings. The Morgan fingerprint density at radius 3 is 2.69 bits per heavy atom. The van der Waals surface area contributed by atoms with E-state index in [0.29, 0.717) is 5.92 Å². The van der Waals surface area contributed by atoms with E-state index in [1.165, 1.54) is 0 Å². The molecule has 32 heavy (non-hydrogen) atoms. The molecular weight excluding hydrogens is 414 g/mol. The maximum absolute atomic E-state index is 13.1. The van der Waals surface area contributed by atoms with Crippen molar-refractivity contribution in [3.63, 3.8) is 0 Å². The number of aromatic carboxylic acids is 1. The number of carboxylic acid groups (broad SMARTS) is 1. The van der Waals surface area contributed by atoms with Crippen molar-refractivity contribution in [3.8, 4) is 11.5 Å². The number of nitrogens with one attached hydrogen (secondary N) is 1. The average molecular weight is 441 g/mol. The van der Waals surface area contributed by atoms with Crippen molar-refractivity contribution >= 4 is 23.3 Å². The predicted molar refractivity (Wildman–Crippen MR) is 113 cm³/mol. The van der Waals surface area contributed by atoms with Crippen LogP contribution in [-0.2, 0) is 14.3 Å². The summed E-state index contributed by atoms with van der Waals surface area (Å²) >= 11 is 0. The van der Waals surface area contributed by atoms with E-state index in [9.17, 15) is 24.6 Å². The number of carbonyl (C=O) groups excluding carboxylic acids is 2. The van der Waals surface area contributed by atoms with Gasteiger partial charge in [0.05, 0.1) is 11.7 Å². The Kier molecular flexibility index (Phi) is 4.31. The number of hydrogen-bond donors (Lipinski definition) is 4. The van der Waals surface area contributed by atoms with Crippen molar-refractivity contribution < 1.29 is 34.4 Å². The molecule has 4 N–H and O–H groups in total. The summed E-state index contributed by atoms with van der Waals surface area (Å²) in [5, 5.41) is 31.7. The van der Waals surface area contributed by atoms with Gasteiger partial charge < -0.3 is 25.4 Å². The van der Waals surface area contributed by atoms with Gasteiger partial charge in [-0.05, 0) is 62.1 Å². The number of phenols is 2. The zero-order valence-electron chi connectivity index (χ0n) is 18.1. The van der Waals surface area contributed by atoms with E-state index in [1.807, 2.05) is 6.92 Å². The number of ether oxygens (including phenoxy) is 1. The molecular formula is C24H27NO7. The average Bonchev–Trinajstić information content (AvgIpc) is 3.08. The van der Waals surface area contributed by atoms with Crippen molar-refractivity contribution in [2.45, 2.75) is 57.7 Å². The summed E-state index contributed by atoms with van der Waals surface area (Å²) in [6.07, 6.45) is 6.86. The Balaban J connectivity index is 1.36. The minimum atomic E-state index is -1.38. The van der Waals surface area contributed by atoms with Crippen LogP contribution in [0.1, 0.15) is 56.3 Å². The third-order valence-corrected chi connectivity index (χ3v) is 8.44. The van der Waals surface area contributed by atoms with E-state index < -0.39 is 34.4 Å². The lowest BCUT2D eigenvalue weighted by Gasteiger charge is -2.55. The molecule has 4 unspecified atom stereocenters. The first-order valence-electron chi connectivity index (χ1n) is 11.0. The fourth-order valence-electron chi connectivity index (χ4n) is 7.09. The number of allylic oxidation sites excluding steroid dienone is 2. The van der Waals surface area contributed by atoms with Gasteiger partial charge in [-0.1, -0.05) is 13.0 Å². The molecule has 2 saturated heterocycles. The quantitative estimate of drug-likeness (QED) is 0.516. The smallest absolute Gasteiger partial charge is 0.339 e. The minimum Gasteiger partial charge on any atom is -0.506 e. The molecule has 1 spiro atoms. The third-order valence-electron chi connectivity index (χ3n) is 8.44. The summed E-state index contributed by atoms with van der Waals surface area (Å²) in [6, 6.07) is 2.16. The SMILES string of the molecule is CC1(CCC(=O)Nc2c(O)ccc(C(=O)O)c2O)C(=O)C=CC23C[C@H]4C[C@@H](OC4(C)C2)C31. The van der Waals surface area contributed by atoms with Gasteiger partial charge in [-0.2, -0.15) is 0 Å². The van der Waals surface area contributed by atoms with Gasteiger partial charge in [-0.25, -0.2) is 4.79 Å². The Labute approximate surface area is 185 Å². The van der Waals surface area contributed by atoms with Gasteiger partial charge in [0.15, 0.2) is 11.5 Å². The van der Waals surface area contributed by atoms with Crippen LogP contribution >= 0.6 is 0 Å². The monoisotopic (exact) mass is 441 g/mol. The molecule has 2 saturated carbocycles. The molecule has 170 valence electrons. The molecule has 1 amide bonds. The number of hydrogen-bond acceptors (Lipinski definition) is 6. The van der Waals surface area contributed by atoms with E-state index in [4.69, 9.17) is 9.84 Å². The van der Waals surface area contributed by atoms with E-state index in [0.717, 1.165) is 31.4 Å². The first kappa shape index (κ1) is 21.0. The van der Waals surface area contributed by atoms with Gasteiger partial charge in [0.25, 0.3) is 0 Å². The summed E-state index contributed by atoms with van der Waals surface area (Å²) in [6.45, 7) is 4.08. The molecule has 0 radical (unpaired) electrons. The summed E-state index contributed by atoms with van der Waals surface area (Å²) in [4.78, 5) is 37.0. The van der Waals surface area contributed by atoms with Crippen molar-refractivity contribution in [2.75, 3.05) is 5.32 Å². The maximum Gasteiger partial charge on any atom is 0.339 e. The second kappa shape index (κ2) is 6.57. The van der Waals surface area contributed by atoms with E-state index in [-0.39, 0.29) is 47.4 Å². The van der Waals surface area contributed by atoms with Crippen LogP contribution in [-0.4, -0.2) is 44.7 Å². The van der Waals surface area contributed by atoms with Gasteiger partial charge >= 0.3 is 5.97 Å². The van der Waals surface area contributed by atoms with Crippen molar-refractivity contribution in [1.82, 2.24) is 0 Å². The molecule has 8 nitrogen and oxygen atoms in total. The lowest BCUT2D eigenvalue weighted by atomic mass is 9.51. The Morgan fingerprint density at radius 1 is 1.25 bits per heavy atom. The van der Waals surface area contributed by atoms with Crippen LogP contribution in [0.2, 0.25) is 0 Å². The first-order valence-corrected chi connectivity index (χ1v) is 11.0. The number of benzene rings is 1. The zero-order valence-corrected chi connectivity index (χ0v) is 18.1. The molecule has 2 heterocycles. The highest BCUT2D eigenvalue weighted by Gasteiger charge is 2.71. The predicted octanol–water partition coefficient (Wildman–Crippen LogP) is 3.23. The topological polar surface area (TPSA) is 133 Å². The minimum absolute atomic E-state index is 0.00395. The second-order valence-electron chi connectivity index (χ2n) is 10.3. The lowest BCUT2D eigenvalue weighted by molar-refractivity contribution is -0.169.